The fourth-order valence-corrected chi connectivity index (χ4v) is 1.90. The molecule has 0 atom stereocenters. The molecule has 0 fully saturated rings. The van der Waals surface area contributed by atoms with E-state index in [-0.39, 0.29) is 17.1 Å². The second-order valence-electron chi connectivity index (χ2n) is 4.00. The smallest absolute Gasteiger partial charge is 0.416 e. The summed E-state index contributed by atoms with van der Waals surface area (Å²) in [6.45, 7) is 0. The highest BCUT2D eigenvalue weighted by Crippen LogP contribution is 2.34. The number of nitrogens with zero attached hydrogens (tertiary/aromatic N) is 1. The van der Waals surface area contributed by atoms with Gasteiger partial charge in [0.25, 0.3) is 0 Å². The van der Waals surface area contributed by atoms with Crippen LogP contribution in [0.25, 0.3) is 0 Å². The maximum Gasteiger partial charge on any atom is 0.416 e. The van der Waals surface area contributed by atoms with Crippen molar-refractivity contribution in [3.63, 3.8) is 0 Å². The van der Waals surface area contributed by atoms with E-state index in [1.165, 1.54) is 12.1 Å². The van der Waals surface area contributed by atoms with Gasteiger partial charge in [0.2, 0.25) is 0 Å². The van der Waals surface area contributed by atoms with Crippen LogP contribution in [-0.4, -0.2) is 0 Å². The van der Waals surface area contributed by atoms with Gasteiger partial charge < -0.3 is 4.74 Å². The third-order valence-electron chi connectivity index (χ3n) is 2.54. The number of nitriles is 1. The Bertz CT molecular complexity index is 722. The van der Waals surface area contributed by atoms with Crippen molar-refractivity contribution >= 4 is 15.9 Å². The minimum atomic E-state index is -4.56. The van der Waals surface area contributed by atoms with Crippen LogP contribution in [-0.2, 0) is 6.18 Å². The average molecular weight is 360 g/mol. The first-order valence-corrected chi connectivity index (χ1v) is 6.35. The highest BCUT2D eigenvalue weighted by Gasteiger charge is 2.31. The molecule has 7 heteroatoms. The zero-order valence-electron chi connectivity index (χ0n) is 10.2. The van der Waals surface area contributed by atoms with E-state index in [0.717, 1.165) is 18.2 Å². The van der Waals surface area contributed by atoms with Crippen molar-refractivity contribution in [3.05, 3.63) is 57.8 Å². The van der Waals surface area contributed by atoms with E-state index in [4.69, 9.17) is 10.00 Å². The molecule has 0 aliphatic rings. The molecule has 2 aromatic rings. The largest absolute Gasteiger partial charge is 0.453 e. The second kappa shape index (κ2) is 5.74. The first-order chi connectivity index (χ1) is 9.81. The molecule has 0 aliphatic carbocycles. The van der Waals surface area contributed by atoms with Gasteiger partial charge in [0.1, 0.15) is 11.8 Å². The standard InChI is InChI=1S/C14H6BrF4NO/c15-10-2-3-11(16)13(6-10)21-12-4-1-9(14(17,18)19)5-8(12)7-20/h1-6H. The number of hydrogen-bond donors (Lipinski definition) is 0. The van der Waals surface area contributed by atoms with Gasteiger partial charge in [-0.3, -0.25) is 0 Å². The Labute approximate surface area is 125 Å². The molecule has 2 aromatic carbocycles. The van der Waals surface area contributed by atoms with E-state index in [1.54, 1.807) is 6.07 Å². The monoisotopic (exact) mass is 359 g/mol. The average Bonchev–Trinajstić information content (AvgIpc) is 2.42. The van der Waals surface area contributed by atoms with Gasteiger partial charge in [0.15, 0.2) is 11.6 Å². The number of halogens is 5. The fraction of sp³-hybridized carbons (Fsp3) is 0.0714. The summed E-state index contributed by atoms with van der Waals surface area (Å²) in [5, 5.41) is 8.91. The van der Waals surface area contributed by atoms with Crippen molar-refractivity contribution in [2.75, 3.05) is 0 Å². The Morgan fingerprint density at radius 3 is 2.38 bits per heavy atom. The van der Waals surface area contributed by atoms with E-state index in [2.05, 4.69) is 15.9 Å². The lowest BCUT2D eigenvalue weighted by molar-refractivity contribution is -0.137. The molecular formula is C14H6BrF4NO. The van der Waals surface area contributed by atoms with Gasteiger partial charge in [-0.25, -0.2) is 4.39 Å². The summed E-state index contributed by atoms with van der Waals surface area (Å²) < 4.78 is 57.0. The van der Waals surface area contributed by atoms with Crippen molar-refractivity contribution in [2.24, 2.45) is 0 Å². The van der Waals surface area contributed by atoms with E-state index in [1.807, 2.05) is 0 Å². The molecule has 0 unspecified atom stereocenters. The van der Waals surface area contributed by atoms with Crippen molar-refractivity contribution in [1.29, 1.82) is 5.26 Å². The fourth-order valence-electron chi connectivity index (χ4n) is 1.56. The van der Waals surface area contributed by atoms with Crippen LogP contribution in [0.4, 0.5) is 17.6 Å². The molecule has 0 saturated heterocycles. The van der Waals surface area contributed by atoms with Crippen molar-refractivity contribution in [2.45, 2.75) is 6.18 Å². The maximum atomic E-state index is 13.6. The number of ether oxygens (including phenoxy) is 1. The van der Waals surface area contributed by atoms with Crippen LogP contribution in [0.1, 0.15) is 11.1 Å². The summed E-state index contributed by atoms with van der Waals surface area (Å²) >= 11 is 3.12. The summed E-state index contributed by atoms with van der Waals surface area (Å²) in [6.07, 6.45) is -4.56. The Balaban J connectivity index is 2.41. The lowest BCUT2D eigenvalue weighted by Gasteiger charge is -2.11. The first kappa shape index (κ1) is 15.3. The van der Waals surface area contributed by atoms with Crippen molar-refractivity contribution in [1.82, 2.24) is 0 Å². The zero-order chi connectivity index (χ0) is 15.6. The number of alkyl halides is 3. The maximum absolute atomic E-state index is 13.6. The van der Waals surface area contributed by atoms with Crippen LogP contribution in [0, 0.1) is 17.1 Å². The molecule has 0 N–H and O–H groups in total. The number of benzene rings is 2. The Kier molecular flexibility index (Phi) is 4.19. The molecule has 0 heterocycles. The van der Waals surface area contributed by atoms with Gasteiger partial charge in [-0.05, 0) is 36.4 Å². The summed E-state index contributed by atoms with van der Waals surface area (Å²) in [5.74, 6) is -1.04. The highest BCUT2D eigenvalue weighted by molar-refractivity contribution is 9.10. The van der Waals surface area contributed by atoms with Gasteiger partial charge in [0.05, 0.1) is 11.1 Å². The molecule has 2 nitrogen and oxygen atoms in total. The van der Waals surface area contributed by atoms with E-state index in [9.17, 15) is 17.6 Å². The van der Waals surface area contributed by atoms with Gasteiger partial charge >= 0.3 is 6.18 Å². The predicted molar refractivity (Wildman–Crippen MR) is 70.3 cm³/mol. The Morgan fingerprint density at radius 1 is 1.05 bits per heavy atom. The quantitative estimate of drug-likeness (QED) is 0.684. The summed E-state index contributed by atoms with van der Waals surface area (Å²) in [5.41, 5.74) is -1.30. The van der Waals surface area contributed by atoms with Crippen LogP contribution in [0.15, 0.2) is 40.9 Å². The van der Waals surface area contributed by atoms with E-state index in [0.29, 0.717) is 10.5 Å². The number of rotatable bonds is 2. The SMILES string of the molecule is N#Cc1cc(C(F)(F)F)ccc1Oc1cc(Br)ccc1F. The predicted octanol–water partition coefficient (Wildman–Crippen LogP) is 5.27. The second-order valence-corrected chi connectivity index (χ2v) is 4.91. The molecule has 2 rings (SSSR count). The molecule has 0 radical (unpaired) electrons. The van der Waals surface area contributed by atoms with E-state index < -0.39 is 17.6 Å². The molecule has 0 aliphatic heterocycles. The third-order valence-corrected chi connectivity index (χ3v) is 3.03. The molecule has 0 spiro atoms. The molecule has 0 aromatic heterocycles. The molecule has 21 heavy (non-hydrogen) atoms. The van der Waals surface area contributed by atoms with Gasteiger partial charge in [-0.2, -0.15) is 18.4 Å². The summed E-state index contributed by atoms with van der Waals surface area (Å²) in [4.78, 5) is 0. The zero-order valence-corrected chi connectivity index (χ0v) is 11.8. The van der Waals surface area contributed by atoms with Crippen LogP contribution >= 0.6 is 15.9 Å². The Morgan fingerprint density at radius 2 is 1.76 bits per heavy atom. The third kappa shape index (κ3) is 3.52. The van der Waals surface area contributed by atoms with Gasteiger partial charge in [-0.15, -0.1) is 0 Å². The first-order valence-electron chi connectivity index (χ1n) is 5.55. The molecular weight excluding hydrogens is 354 g/mol. The molecule has 0 saturated carbocycles. The van der Waals surface area contributed by atoms with Crippen LogP contribution in [0.2, 0.25) is 0 Å². The molecule has 0 bridgehead atoms. The lowest BCUT2D eigenvalue weighted by Crippen LogP contribution is -2.05. The molecule has 108 valence electrons. The molecule has 0 amide bonds. The lowest BCUT2D eigenvalue weighted by atomic mass is 10.1. The minimum Gasteiger partial charge on any atom is -0.453 e. The van der Waals surface area contributed by atoms with Gasteiger partial charge in [-0.1, -0.05) is 15.9 Å². The van der Waals surface area contributed by atoms with E-state index >= 15 is 0 Å². The van der Waals surface area contributed by atoms with Crippen LogP contribution in [0.3, 0.4) is 0 Å². The van der Waals surface area contributed by atoms with Crippen molar-refractivity contribution < 1.29 is 22.3 Å². The highest BCUT2D eigenvalue weighted by atomic mass is 79.9. The normalized spacial score (nSPS) is 11.0. The summed E-state index contributed by atoms with van der Waals surface area (Å²) in [7, 11) is 0. The topological polar surface area (TPSA) is 33.0 Å². The Hall–Kier alpha value is -2.07. The van der Waals surface area contributed by atoms with Gasteiger partial charge in [0, 0.05) is 4.47 Å². The minimum absolute atomic E-state index is 0.150. The van der Waals surface area contributed by atoms with Crippen molar-refractivity contribution in [3.8, 4) is 17.6 Å². The summed E-state index contributed by atoms with van der Waals surface area (Å²) in [6, 6.07) is 7.91. The van der Waals surface area contributed by atoms with Crippen LogP contribution in [0.5, 0.6) is 11.5 Å². The van der Waals surface area contributed by atoms with Crippen LogP contribution < -0.4 is 4.74 Å². The number of hydrogen-bond acceptors (Lipinski definition) is 2.